The lowest BCUT2D eigenvalue weighted by atomic mass is 10.1. The number of imide groups is 1. The van der Waals surface area contributed by atoms with Crippen molar-refractivity contribution in [1.82, 2.24) is 4.90 Å². The molecule has 3 amide bonds. The Kier molecular flexibility index (Phi) is 2.74. The number of benzene rings is 1. The fraction of sp³-hybridized carbons (Fsp3) is 0.231. The molecule has 20 heavy (non-hydrogen) atoms. The molecule has 0 N–H and O–H groups in total. The molecule has 1 atom stereocenters. The average Bonchev–Trinajstić information content (AvgIpc) is 2.46. The van der Waals surface area contributed by atoms with Gasteiger partial charge < -0.3 is 0 Å². The van der Waals surface area contributed by atoms with Crippen molar-refractivity contribution in [3.05, 3.63) is 35.4 Å². The highest BCUT2D eigenvalue weighted by Gasteiger charge is 2.37. The Morgan fingerprint density at radius 3 is 2.50 bits per heavy atom. The highest BCUT2D eigenvalue weighted by atomic mass is 16.2. The van der Waals surface area contributed by atoms with Crippen molar-refractivity contribution in [2.75, 3.05) is 7.05 Å². The Morgan fingerprint density at radius 2 is 1.80 bits per heavy atom. The molecule has 100 valence electrons. The number of fused-ring (bicyclic) bond motifs is 1. The summed E-state index contributed by atoms with van der Waals surface area (Å²) in [4.78, 5) is 32.3. The lowest BCUT2D eigenvalue weighted by Crippen LogP contribution is -2.47. The van der Waals surface area contributed by atoms with Gasteiger partial charge in [-0.1, -0.05) is 29.8 Å². The van der Waals surface area contributed by atoms with Crippen LogP contribution in [0.3, 0.4) is 0 Å². The van der Waals surface area contributed by atoms with Crippen LogP contribution in [-0.2, 0) is 4.79 Å². The number of amides is 3. The van der Waals surface area contributed by atoms with Gasteiger partial charge in [0.25, 0.3) is 5.91 Å². The fourth-order valence-corrected chi connectivity index (χ4v) is 1.89. The van der Waals surface area contributed by atoms with Crippen LogP contribution in [0.25, 0.3) is 0 Å². The molecule has 0 saturated carbocycles. The molecule has 2 aliphatic rings. The third-order valence-electron chi connectivity index (χ3n) is 3.11. The Hall–Kier alpha value is -2.70. The van der Waals surface area contributed by atoms with E-state index < -0.39 is 18.0 Å². The lowest BCUT2D eigenvalue weighted by molar-refractivity contribution is -0.127. The minimum Gasteiger partial charge on any atom is -0.271 e. The maximum absolute atomic E-state index is 12.0. The second kappa shape index (κ2) is 4.44. The molecule has 0 radical (unpaired) electrons. The van der Waals surface area contributed by atoms with Gasteiger partial charge in [0, 0.05) is 12.6 Å². The zero-order valence-electron chi connectivity index (χ0n) is 10.9. The van der Waals surface area contributed by atoms with Crippen molar-refractivity contribution >= 4 is 23.6 Å². The molecule has 1 aromatic carbocycles. The van der Waals surface area contributed by atoms with Crippen LogP contribution in [0.1, 0.15) is 11.1 Å². The zero-order chi connectivity index (χ0) is 14.3. The number of hydrogen-bond acceptors (Lipinski definition) is 5. The minimum absolute atomic E-state index is 0.0500. The third kappa shape index (κ3) is 1.93. The number of hydrogen-bond donors (Lipinski definition) is 0. The lowest BCUT2D eigenvalue weighted by Gasteiger charge is -2.24. The van der Waals surface area contributed by atoms with Gasteiger partial charge in [-0.3, -0.25) is 9.69 Å². The van der Waals surface area contributed by atoms with Gasteiger partial charge in [0.1, 0.15) is 0 Å². The average molecular weight is 269 g/mol. The first kappa shape index (κ1) is 12.3. The van der Waals surface area contributed by atoms with Crippen LogP contribution in [0.5, 0.6) is 0 Å². The highest BCUT2D eigenvalue weighted by molar-refractivity contribution is 6.21. The van der Waals surface area contributed by atoms with Gasteiger partial charge in [0.15, 0.2) is 17.7 Å². The highest BCUT2D eigenvalue weighted by Crippen LogP contribution is 2.18. The molecule has 3 rings (SSSR count). The van der Waals surface area contributed by atoms with Crippen LogP contribution in [-0.4, -0.2) is 41.6 Å². The van der Waals surface area contributed by atoms with Gasteiger partial charge in [0.05, 0.1) is 0 Å². The van der Waals surface area contributed by atoms with Gasteiger partial charge in [-0.05, 0) is 6.92 Å². The molecule has 2 aliphatic heterocycles. The first-order chi connectivity index (χ1) is 9.56. The Balaban J connectivity index is 2.00. The van der Waals surface area contributed by atoms with Gasteiger partial charge in [-0.2, -0.15) is 4.99 Å². The summed E-state index contributed by atoms with van der Waals surface area (Å²) < 4.78 is 0. The maximum atomic E-state index is 12.0. The summed E-state index contributed by atoms with van der Waals surface area (Å²) in [7, 11) is 1.37. The number of likely N-dealkylation sites (N-methyl/N-ethyl adjacent to an activating group) is 1. The molecule has 0 spiro atoms. The van der Waals surface area contributed by atoms with Crippen molar-refractivity contribution < 1.29 is 9.59 Å². The number of amidine groups is 2. The number of aryl methyl sites for hydroxylation is 1. The van der Waals surface area contributed by atoms with Crippen molar-refractivity contribution in [3.63, 3.8) is 0 Å². The second-order valence-corrected chi connectivity index (χ2v) is 4.57. The standard InChI is InChI=1S/C13H11N5O2/c1-7-3-5-8(6-4-7)10-14-9-11(17-16-10)15-13(20)18(2)12(9)19/h3-6,9H,1-2H3. The summed E-state index contributed by atoms with van der Waals surface area (Å²) in [5.41, 5.74) is 1.88. The fourth-order valence-electron chi connectivity index (χ4n) is 1.89. The number of aliphatic imine (C=N–C) groups is 2. The Bertz CT molecular complexity index is 687. The molecule has 1 unspecified atom stereocenters. The van der Waals surface area contributed by atoms with Crippen molar-refractivity contribution in [2.45, 2.75) is 13.0 Å². The number of nitrogens with zero attached hydrogens (tertiary/aromatic N) is 5. The molecule has 7 heteroatoms. The van der Waals surface area contributed by atoms with E-state index in [4.69, 9.17) is 0 Å². The Labute approximate surface area is 114 Å². The smallest absolute Gasteiger partial charge is 0.271 e. The predicted octanol–water partition coefficient (Wildman–Crippen LogP) is 1.57. The van der Waals surface area contributed by atoms with E-state index in [1.165, 1.54) is 7.05 Å². The molecule has 7 nitrogen and oxygen atoms in total. The SMILES string of the molecule is Cc1ccc(C2=NC3C(=O)N(C)C(=O)N=C3N=N2)cc1. The van der Waals surface area contributed by atoms with E-state index in [-0.39, 0.29) is 5.84 Å². The van der Waals surface area contributed by atoms with Crippen molar-refractivity contribution in [3.8, 4) is 0 Å². The van der Waals surface area contributed by atoms with Crippen LogP contribution in [0.4, 0.5) is 4.79 Å². The molecule has 2 heterocycles. The van der Waals surface area contributed by atoms with E-state index >= 15 is 0 Å². The van der Waals surface area contributed by atoms with Gasteiger partial charge in [-0.15, -0.1) is 10.2 Å². The predicted molar refractivity (Wildman–Crippen MR) is 72.0 cm³/mol. The summed E-state index contributed by atoms with van der Waals surface area (Å²) >= 11 is 0. The normalized spacial score (nSPS) is 21.5. The molecule has 0 aliphatic carbocycles. The van der Waals surface area contributed by atoms with Crippen LogP contribution in [0.15, 0.2) is 44.5 Å². The van der Waals surface area contributed by atoms with E-state index in [2.05, 4.69) is 20.2 Å². The summed E-state index contributed by atoms with van der Waals surface area (Å²) in [6.45, 7) is 1.98. The van der Waals surface area contributed by atoms with E-state index in [0.29, 0.717) is 5.84 Å². The first-order valence-corrected chi connectivity index (χ1v) is 6.03. The van der Waals surface area contributed by atoms with Crippen LogP contribution < -0.4 is 0 Å². The molecule has 0 fully saturated rings. The molecular weight excluding hydrogens is 258 g/mol. The zero-order valence-corrected chi connectivity index (χ0v) is 10.9. The summed E-state index contributed by atoms with van der Waals surface area (Å²) in [6.07, 6.45) is 0. The molecular formula is C13H11N5O2. The number of rotatable bonds is 1. The van der Waals surface area contributed by atoms with E-state index in [1.54, 1.807) is 0 Å². The molecule has 1 aromatic rings. The maximum Gasteiger partial charge on any atom is 0.351 e. The van der Waals surface area contributed by atoms with E-state index in [9.17, 15) is 9.59 Å². The first-order valence-electron chi connectivity index (χ1n) is 6.03. The molecule has 0 aromatic heterocycles. The molecule has 0 bridgehead atoms. The number of azo groups is 1. The summed E-state index contributed by atoms with van der Waals surface area (Å²) in [5, 5.41) is 7.77. The van der Waals surface area contributed by atoms with Crippen LogP contribution >= 0.6 is 0 Å². The van der Waals surface area contributed by atoms with Gasteiger partial charge in [0.2, 0.25) is 0 Å². The van der Waals surface area contributed by atoms with Crippen molar-refractivity contribution in [2.24, 2.45) is 20.2 Å². The van der Waals surface area contributed by atoms with Crippen LogP contribution in [0.2, 0.25) is 0 Å². The number of carbonyl (C=O) groups excluding carboxylic acids is 2. The summed E-state index contributed by atoms with van der Waals surface area (Å²) in [6, 6.07) is 6.04. The Morgan fingerprint density at radius 1 is 1.10 bits per heavy atom. The summed E-state index contributed by atoms with van der Waals surface area (Å²) in [5.74, 6) is -0.0257. The van der Waals surface area contributed by atoms with Gasteiger partial charge in [-0.25, -0.2) is 9.79 Å². The van der Waals surface area contributed by atoms with Crippen LogP contribution in [0, 0.1) is 6.92 Å². The van der Waals surface area contributed by atoms with Gasteiger partial charge >= 0.3 is 6.03 Å². The quantitative estimate of drug-likeness (QED) is 0.774. The topological polar surface area (TPSA) is 86.8 Å². The minimum atomic E-state index is -0.883. The van der Waals surface area contributed by atoms with E-state index in [0.717, 1.165) is 16.0 Å². The molecule has 0 saturated heterocycles. The van der Waals surface area contributed by atoms with E-state index in [1.807, 2.05) is 31.2 Å². The monoisotopic (exact) mass is 269 g/mol. The number of carbonyl (C=O) groups is 2. The second-order valence-electron chi connectivity index (χ2n) is 4.57. The largest absolute Gasteiger partial charge is 0.351 e. The number of urea groups is 1. The third-order valence-corrected chi connectivity index (χ3v) is 3.11. The van der Waals surface area contributed by atoms with Crippen molar-refractivity contribution in [1.29, 1.82) is 0 Å².